The van der Waals surface area contributed by atoms with Crippen molar-refractivity contribution < 1.29 is 0 Å². The van der Waals surface area contributed by atoms with Gasteiger partial charge in [-0.25, -0.2) is 0 Å². The van der Waals surface area contributed by atoms with Gasteiger partial charge in [0.1, 0.15) is 0 Å². The molecule has 2 rings (SSSR count). The Kier molecular flexibility index (Phi) is 4.44. The summed E-state index contributed by atoms with van der Waals surface area (Å²) >= 11 is 2.35. The fourth-order valence-electron chi connectivity index (χ4n) is 2.71. The molecule has 1 saturated heterocycles. The molecular formula is C14H21IN2. The maximum absolute atomic E-state index is 6.11. The Hall–Kier alpha value is -0.130. The van der Waals surface area contributed by atoms with Gasteiger partial charge in [-0.15, -0.1) is 0 Å². The highest BCUT2D eigenvalue weighted by Gasteiger charge is 2.26. The summed E-state index contributed by atoms with van der Waals surface area (Å²) < 4.78 is 1.29. The summed E-state index contributed by atoms with van der Waals surface area (Å²) in [5.41, 5.74) is 7.51. The second kappa shape index (κ2) is 5.67. The molecule has 0 amide bonds. The van der Waals surface area contributed by atoms with Gasteiger partial charge in [-0.2, -0.15) is 0 Å². The minimum atomic E-state index is 0.338. The molecule has 3 heteroatoms. The quantitative estimate of drug-likeness (QED) is 0.836. The lowest BCUT2D eigenvalue weighted by Crippen LogP contribution is -2.47. The van der Waals surface area contributed by atoms with Crippen LogP contribution in [0.4, 0.5) is 0 Å². The van der Waals surface area contributed by atoms with Gasteiger partial charge >= 0.3 is 0 Å². The summed E-state index contributed by atoms with van der Waals surface area (Å²) in [4.78, 5) is 2.51. The van der Waals surface area contributed by atoms with Crippen molar-refractivity contribution in [2.24, 2.45) is 11.7 Å². The molecule has 17 heavy (non-hydrogen) atoms. The zero-order chi connectivity index (χ0) is 12.4. The first-order chi connectivity index (χ1) is 8.06. The van der Waals surface area contributed by atoms with Crippen LogP contribution in [0.5, 0.6) is 0 Å². The molecule has 3 unspecified atom stereocenters. The first kappa shape index (κ1) is 13.3. The standard InChI is InChI=1S/C14H21IN2/c1-10-7-14(16)9-17(8-10)11(2)12-3-5-13(15)6-4-12/h3-6,10-11,14H,7-9,16H2,1-2H3. The Morgan fingerprint density at radius 3 is 2.53 bits per heavy atom. The van der Waals surface area contributed by atoms with Crippen molar-refractivity contribution in [2.75, 3.05) is 13.1 Å². The van der Waals surface area contributed by atoms with Crippen LogP contribution < -0.4 is 5.73 Å². The van der Waals surface area contributed by atoms with Gasteiger partial charge in [0, 0.05) is 28.7 Å². The molecule has 94 valence electrons. The first-order valence-corrected chi connectivity index (χ1v) is 7.39. The summed E-state index contributed by atoms with van der Waals surface area (Å²) in [5, 5.41) is 0. The Balaban J connectivity index is 2.08. The highest BCUT2D eigenvalue weighted by Crippen LogP contribution is 2.26. The molecule has 0 saturated carbocycles. The third-order valence-corrected chi connectivity index (χ3v) is 4.34. The molecule has 1 aromatic rings. The third kappa shape index (κ3) is 3.42. The van der Waals surface area contributed by atoms with E-state index in [-0.39, 0.29) is 0 Å². The van der Waals surface area contributed by atoms with Crippen LogP contribution in [0, 0.1) is 9.49 Å². The van der Waals surface area contributed by atoms with E-state index in [1.807, 2.05) is 0 Å². The van der Waals surface area contributed by atoms with Crippen molar-refractivity contribution in [1.82, 2.24) is 4.90 Å². The average molecular weight is 344 g/mol. The number of hydrogen-bond acceptors (Lipinski definition) is 2. The zero-order valence-corrected chi connectivity index (χ0v) is 12.7. The Bertz CT molecular complexity index is 353. The van der Waals surface area contributed by atoms with E-state index in [2.05, 4.69) is 65.6 Å². The molecule has 0 radical (unpaired) electrons. The van der Waals surface area contributed by atoms with Crippen LogP contribution in [0.25, 0.3) is 0 Å². The normalized spacial score (nSPS) is 28.0. The van der Waals surface area contributed by atoms with E-state index in [4.69, 9.17) is 5.73 Å². The van der Waals surface area contributed by atoms with E-state index in [1.54, 1.807) is 0 Å². The van der Waals surface area contributed by atoms with Crippen LogP contribution in [-0.4, -0.2) is 24.0 Å². The van der Waals surface area contributed by atoms with E-state index in [1.165, 1.54) is 15.7 Å². The van der Waals surface area contributed by atoms with E-state index < -0.39 is 0 Å². The monoisotopic (exact) mass is 344 g/mol. The molecule has 2 nitrogen and oxygen atoms in total. The Morgan fingerprint density at radius 1 is 1.29 bits per heavy atom. The van der Waals surface area contributed by atoms with Crippen LogP contribution in [0.1, 0.15) is 31.9 Å². The largest absolute Gasteiger partial charge is 0.327 e. The Labute approximate surface area is 118 Å². The number of rotatable bonds is 2. The van der Waals surface area contributed by atoms with Gasteiger partial charge in [0.25, 0.3) is 0 Å². The van der Waals surface area contributed by atoms with Gasteiger partial charge in [0.2, 0.25) is 0 Å². The molecule has 1 heterocycles. The van der Waals surface area contributed by atoms with Gasteiger partial charge < -0.3 is 5.73 Å². The summed E-state index contributed by atoms with van der Waals surface area (Å²) in [6, 6.07) is 9.64. The number of hydrogen-bond donors (Lipinski definition) is 1. The lowest BCUT2D eigenvalue weighted by molar-refractivity contribution is 0.124. The number of nitrogens with zero attached hydrogens (tertiary/aromatic N) is 1. The summed E-state index contributed by atoms with van der Waals surface area (Å²) in [7, 11) is 0. The lowest BCUT2D eigenvalue weighted by Gasteiger charge is -2.38. The van der Waals surface area contributed by atoms with Crippen molar-refractivity contribution in [3.63, 3.8) is 0 Å². The second-order valence-electron chi connectivity index (χ2n) is 5.28. The van der Waals surface area contributed by atoms with Crippen LogP contribution in [0.15, 0.2) is 24.3 Å². The first-order valence-electron chi connectivity index (χ1n) is 6.31. The summed E-state index contributed by atoms with van der Waals surface area (Å²) in [5.74, 6) is 0.713. The van der Waals surface area contributed by atoms with Gasteiger partial charge in [0.15, 0.2) is 0 Å². The van der Waals surface area contributed by atoms with Crippen LogP contribution >= 0.6 is 22.6 Å². The van der Waals surface area contributed by atoms with Crippen molar-refractivity contribution in [3.05, 3.63) is 33.4 Å². The highest BCUT2D eigenvalue weighted by atomic mass is 127. The molecule has 0 aliphatic carbocycles. The topological polar surface area (TPSA) is 29.3 Å². The predicted octanol–water partition coefficient (Wildman–Crippen LogP) is 3.02. The number of piperidine rings is 1. The number of benzene rings is 1. The van der Waals surface area contributed by atoms with Crippen molar-refractivity contribution in [2.45, 2.75) is 32.4 Å². The zero-order valence-electron chi connectivity index (χ0n) is 10.6. The minimum Gasteiger partial charge on any atom is -0.327 e. The summed E-state index contributed by atoms with van der Waals surface area (Å²) in [6.45, 7) is 6.78. The number of likely N-dealkylation sites (tertiary alicyclic amines) is 1. The number of nitrogens with two attached hydrogens (primary N) is 1. The van der Waals surface area contributed by atoms with Crippen molar-refractivity contribution in [1.29, 1.82) is 0 Å². The molecule has 3 atom stereocenters. The van der Waals surface area contributed by atoms with Crippen LogP contribution in [0.2, 0.25) is 0 Å². The third-order valence-electron chi connectivity index (χ3n) is 3.62. The smallest absolute Gasteiger partial charge is 0.0320 e. The average Bonchev–Trinajstić information content (AvgIpc) is 2.28. The molecule has 1 aliphatic rings. The maximum atomic E-state index is 6.11. The lowest BCUT2D eigenvalue weighted by atomic mass is 9.94. The van der Waals surface area contributed by atoms with Gasteiger partial charge in [-0.3, -0.25) is 4.90 Å². The van der Waals surface area contributed by atoms with E-state index in [0.29, 0.717) is 18.0 Å². The maximum Gasteiger partial charge on any atom is 0.0320 e. The molecule has 1 aliphatic heterocycles. The molecule has 0 aromatic heterocycles. The molecule has 1 fully saturated rings. The fraction of sp³-hybridized carbons (Fsp3) is 0.571. The van der Waals surface area contributed by atoms with E-state index in [9.17, 15) is 0 Å². The van der Waals surface area contributed by atoms with Crippen molar-refractivity contribution in [3.8, 4) is 0 Å². The molecule has 1 aromatic carbocycles. The van der Waals surface area contributed by atoms with Gasteiger partial charge in [-0.05, 0) is 59.5 Å². The van der Waals surface area contributed by atoms with Crippen molar-refractivity contribution >= 4 is 22.6 Å². The molecule has 0 bridgehead atoms. The Morgan fingerprint density at radius 2 is 1.94 bits per heavy atom. The molecular weight excluding hydrogens is 323 g/mol. The summed E-state index contributed by atoms with van der Waals surface area (Å²) in [6.07, 6.45) is 1.16. The van der Waals surface area contributed by atoms with Crippen LogP contribution in [0.3, 0.4) is 0 Å². The van der Waals surface area contributed by atoms with Gasteiger partial charge in [0.05, 0.1) is 0 Å². The fourth-order valence-corrected chi connectivity index (χ4v) is 3.07. The number of halogens is 1. The molecule has 0 spiro atoms. The predicted molar refractivity (Wildman–Crippen MR) is 80.9 cm³/mol. The van der Waals surface area contributed by atoms with E-state index >= 15 is 0 Å². The minimum absolute atomic E-state index is 0.338. The SMILES string of the molecule is CC1CC(N)CN(C(C)c2ccc(I)cc2)C1. The highest BCUT2D eigenvalue weighted by molar-refractivity contribution is 14.1. The molecule has 2 N–H and O–H groups in total. The van der Waals surface area contributed by atoms with Crippen LogP contribution in [-0.2, 0) is 0 Å². The van der Waals surface area contributed by atoms with Gasteiger partial charge in [-0.1, -0.05) is 19.1 Å². The van der Waals surface area contributed by atoms with E-state index in [0.717, 1.165) is 13.0 Å². The second-order valence-corrected chi connectivity index (χ2v) is 6.53.